The number of imide groups is 2. The molecule has 43 heavy (non-hydrogen) atoms. The molecule has 2 aliphatic heterocycles. The molecule has 14 heteroatoms. The van der Waals surface area contributed by atoms with Gasteiger partial charge < -0.3 is 24.6 Å². The Hall–Kier alpha value is -3.58. The lowest BCUT2D eigenvalue weighted by molar-refractivity contribution is -0.138. The first-order valence-corrected chi connectivity index (χ1v) is 14.3. The molecule has 0 unspecified atom stereocenters. The number of likely N-dealkylation sites (tertiary alicyclic amines) is 1. The molecule has 3 fully saturated rings. The molecule has 6 atom stereocenters. The van der Waals surface area contributed by atoms with Crippen molar-refractivity contribution in [3.8, 4) is 17.2 Å². The van der Waals surface area contributed by atoms with Crippen LogP contribution in [0, 0.1) is 17.8 Å². The summed E-state index contributed by atoms with van der Waals surface area (Å²) in [5, 5.41) is 30.6. The number of fused-ring (bicyclic) bond motifs is 4. The van der Waals surface area contributed by atoms with Crippen molar-refractivity contribution in [3.63, 3.8) is 0 Å². The smallest absolute Gasteiger partial charge is 0.488 e. The number of halogens is 2. The lowest BCUT2D eigenvalue weighted by Gasteiger charge is -2.51. The molecule has 2 aromatic carbocycles. The second kappa shape index (κ2) is 9.98. The number of aromatic hydroxyl groups is 1. The predicted octanol–water partition coefficient (Wildman–Crippen LogP) is 1.28. The summed E-state index contributed by atoms with van der Waals surface area (Å²) >= 11 is 14.4. The third-order valence-corrected chi connectivity index (χ3v) is 10.7. The first kappa shape index (κ1) is 29.5. The van der Waals surface area contributed by atoms with E-state index in [1.54, 1.807) is 6.08 Å². The number of ether oxygens (including phenoxy) is 2. The number of methoxy groups -OCH3 is 2. The van der Waals surface area contributed by atoms with Crippen LogP contribution in [-0.2, 0) is 19.2 Å². The van der Waals surface area contributed by atoms with Crippen molar-refractivity contribution in [2.45, 2.75) is 28.5 Å². The Morgan fingerprint density at radius 3 is 2.35 bits per heavy atom. The molecule has 2 aromatic rings. The topological polar surface area (TPSA) is 154 Å². The highest BCUT2D eigenvalue weighted by atomic mass is 35.5. The second-order valence-corrected chi connectivity index (χ2v) is 12.5. The summed E-state index contributed by atoms with van der Waals surface area (Å²) in [7, 11) is 2.22. The molecule has 11 nitrogen and oxygen atoms in total. The fraction of sp³-hybridized carbons (Fsp3) is 0.379. The van der Waals surface area contributed by atoms with E-state index in [0.717, 1.165) is 9.80 Å². The van der Waals surface area contributed by atoms with Gasteiger partial charge in [-0.3, -0.25) is 29.0 Å². The van der Waals surface area contributed by atoms with Crippen molar-refractivity contribution in [2.75, 3.05) is 26.2 Å². The van der Waals surface area contributed by atoms with Gasteiger partial charge in [0.25, 0.3) is 11.8 Å². The number of alkyl halides is 2. The molecule has 0 spiro atoms. The molecule has 3 N–H and O–H groups in total. The number of anilines is 1. The lowest BCUT2D eigenvalue weighted by Crippen LogP contribution is -2.60. The van der Waals surface area contributed by atoms with Crippen molar-refractivity contribution in [1.29, 1.82) is 0 Å². The Balaban J connectivity index is 1.54. The molecule has 4 aliphatic rings. The number of hydrogen-bond donors (Lipinski definition) is 3. The number of phenols is 1. The minimum atomic E-state index is -2.11. The van der Waals surface area contributed by atoms with Gasteiger partial charge in [0.15, 0.2) is 9.75 Å². The number of amides is 4. The maximum absolute atomic E-state index is 14.1. The first-order chi connectivity index (χ1) is 20.3. The van der Waals surface area contributed by atoms with Crippen LogP contribution in [0.4, 0.5) is 5.69 Å². The van der Waals surface area contributed by atoms with Crippen molar-refractivity contribution in [1.82, 2.24) is 4.90 Å². The molecular formula is C29H27BCl2N2O9. The van der Waals surface area contributed by atoms with Gasteiger partial charge >= 0.3 is 7.12 Å². The molecule has 2 heterocycles. The monoisotopic (exact) mass is 628 g/mol. The largest absolute Gasteiger partial charge is 0.507 e. The molecule has 0 radical (unpaired) electrons. The van der Waals surface area contributed by atoms with Crippen LogP contribution in [0.15, 0.2) is 48.0 Å². The van der Waals surface area contributed by atoms with Gasteiger partial charge in [-0.15, -0.1) is 23.2 Å². The summed E-state index contributed by atoms with van der Waals surface area (Å²) in [6, 6.07) is 8.63. The predicted molar refractivity (Wildman–Crippen MR) is 155 cm³/mol. The zero-order chi connectivity index (χ0) is 31.2. The Kier molecular flexibility index (Phi) is 6.85. The SMILES string of the molecule is COc1cc(O)c([C@H]2C3=CC[C@@H]4C(=O)N(c5cccc(B(O)O)c5)C(=O)[C@@H]4[C@@H]3C[C@@]3(Cl)C(=O)N(C)C(=O)[C@@]23Cl)c(OC)c1. The van der Waals surface area contributed by atoms with Gasteiger partial charge in [0.05, 0.1) is 31.7 Å². The standard InChI is InChI=1S/C29H27BCl2N2O9/c1-33-26(38)28(31)12-18-16(23(29(28,32)27(33)39)22-19(35)10-15(42-2)11-20(22)43-3)7-8-17-21(18)25(37)34(24(17)36)14-6-4-5-13(9-14)30(40)41/h4-7,9-11,17-18,21,23,35,40-41H,8,12H2,1-3H3/t17-,18+,21-,23+,28+,29-/m0/s1. The van der Waals surface area contributed by atoms with E-state index in [1.807, 2.05) is 0 Å². The number of benzene rings is 2. The van der Waals surface area contributed by atoms with Crippen LogP contribution in [0.2, 0.25) is 0 Å². The molecule has 2 saturated heterocycles. The highest BCUT2D eigenvalue weighted by Gasteiger charge is 2.76. The van der Waals surface area contributed by atoms with Gasteiger partial charge in [0, 0.05) is 30.7 Å². The molecule has 1 saturated carbocycles. The Morgan fingerprint density at radius 2 is 1.70 bits per heavy atom. The van der Waals surface area contributed by atoms with Gasteiger partial charge in [-0.2, -0.15) is 0 Å². The Bertz CT molecular complexity index is 1630. The number of carbonyl (C=O) groups is 4. The summed E-state index contributed by atoms with van der Waals surface area (Å²) in [4.78, 5) is 53.0. The minimum Gasteiger partial charge on any atom is -0.507 e. The highest BCUT2D eigenvalue weighted by Crippen LogP contribution is 2.67. The molecule has 224 valence electrons. The van der Waals surface area contributed by atoms with Crippen molar-refractivity contribution in [3.05, 3.63) is 53.6 Å². The van der Waals surface area contributed by atoms with Crippen LogP contribution in [0.25, 0.3) is 0 Å². The van der Waals surface area contributed by atoms with Gasteiger partial charge in [0.1, 0.15) is 17.2 Å². The van der Waals surface area contributed by atoms with E-state index in [2.05, 4.69) is 0 Å². The van der Waals surface area contributed by atoms with Crippen molar-refractivity contribution in [2.24, 2.45) is 17.8 Å². The molecule has 0 aromatic heterocycles. The molecule has 4 amide bonds. The maximum Gasteiger partial charge on any atom is 0.488 e. The number of phenolic OH excluding ortho intramolecular Hbond substituents is 1. The summed E-state index contributed by atoms with van der Waals surface area (Å²) in [6.07, 6.45) is 1.62. The molecular weight excluding hydrogens is 602 g/mol. The van der Waals surface area contributed by atoms with Crippen LogP contribution in [0.5, 0.6) is 17.2 Å². The van der Waals surface area contributed by atoms with Crippen molar-refractivity contribution >= 4 is 65.1 Å². The van der Waals surface area contributed by atoms with E-state index in [9.17, 15) is 34.3 Å². The van der Waals surface area contributed by atoms with E-state index < -0.39 is 64.2 Å². The third-order valence-electron chi connectivity index (χ3n) is 9.28. The van der Waals surface area contributed by atoms with Crippen LogP contribution in [-0.4, -0.2) is 81.8 Å². The van der Waals surface area contributed by atoms with Crippen LogP contribution >= 0.6 is 23.2 Å². The zero-order valence-electron chi connectivity index (χ0n) is 23.3. The van der Waals surface area contributed by atoms with E-state index in [4.69, 9.17) is 32.7 Å². The Morgan fingerprint density at radius 1 is 0.977 bits per heavy atom. The zero-order valence-corrected chi connectivity index (χ0v) is 24.8. The summed E-state index contributed by atoms with van der Waals surface area (Å²) in [5.74, 6) is -6.37. The minimum absolute atomic E-state index is 0.0902. The number of nitrogens with zero attached hydrogens (tertiary/aromatic N) is 2. The van der Waals surface area contributed by atoms with Crippen molar-refractivity contribution < 1.29 is 43.8 Å². The lowest BCUT2D eigenvalue weighted by atomic mass is 9.56. The fourth-order valence-corrected chi connectivity index (χ4v) is 8.31. The normalized spacial score (nSPS) is 31.5. The molecule has 6 rings (SSSR count). The van der Waals surface area contributed by atoms with Gasteiger partial charge in [0.2, 0.25) is 11.8 Å². The number of allylic oxidation sites excluding steroid dienone is 2. The summed E-state index contributed by atoms with van der Waals surface area (Å²) in [6.45, 7) is 0. The number of carbonyl (C=O) groups excluding carboxylic acids is 4. The number of hydrogen-bond acceptors (Lipinski definition) is 9. The van der Waals surface area contributed by atoms with Gasteiger partial charge in [-0.1, -0.05) is 23.8 Å². The number of rotatable bonds is 5. The van der Waals surface area contributed by atoms with Gasteiger partial charge in [-0.05, 0) is 36.4 Å². The summed E-state index contributed by atoms with van der Waals surface area (Å²) < 4.78 is 10.9. The van der Waals surface area contributed by atoms with E-state index >= 15 is 0 Å². The third kappa shape index (κ3) is 3.83. The highest BCUT2D eigenvalue weighted by molar-refractivity contribution is 6.58. The Labute approximate surface area is 256 Å². The molecule has 2 aliphatic carbocycles. The van der Waals surface area contributed by atoms with E-state index in [0.29, 0.717) is 5.57 Å². The fourth-order valence-electron chi connectivity index (χ4n) is 7.30. The quantitative estimate of drug-likeness (QED) is 0.192. The second-order valence-electron chi connectivity index (χ2n) is 11.2. The average molecular weight is 629 g/mol. The molecule has 0 bridgehead atoms. The van der Waals surface area contributed by atoms with Crippen LogP contribution in [0.1, 0.15) is 24.3 Å². The first-order valence-electron chi connectivity index (χ1n) is 13.5. The maximum atomic E-state index is 14.1. The van der Waals surface area contributed by atoms with Gasteiger partial charge in [-0.25, -0.2) is 0 Å². The van der Waals surface area contributed by atoms with E-state index in [1.165, 1.54) is 57.7 Å². The summed E-state index contributed by atoms with van der Waals surface area (Å²) in [5.41, 5.74) is 0.826. The van der Waals surface area contributed by atoms with E-state index in [-0.39, 0.29) is 46.8 Å². The van der Waals surface area contributed by atoms with Crippen LogP contribution in [0.3, 0.4) is 0 Å². The average Bonchev–Trinajstić information content (AvgIpc) is 3.32. The van der Waals surface area contributed by atoms with Crippen LogP contribution < -0.4 is 19.8 Å².